The van der Waals surface area contributed by atoms with Gasteiger partial charge in [0.1, 0.15) is 12.1 Å². The number of hydrogen-bond acceptors (Lipinski definition) is 5. The molecule has 2 aromatic carbocycles. The molecule has 0 spiro atoms. The van der Waals surface area contributed by atoms with Crippen molar-refractivity contribution in [1.29, 1.82) is 0 Å². The van der Waals surface area contributed by atoms with Crippen LogP contribution in [-0.4, -0.2) is 41.3 Å². The highest BCUT2D eigenvalue weighted by molar-refractivity contribution is 5.90. The summed E-state index contributed by atoms with van der Waals surface area (Å²) in [7, 11) is 0. The third-order valence-electron chi connectivity index (χ3n) is 6.25. The van der Waals surface area contributed by atoms with Gasteiger partial charge in [-0.25, -0.2) is 15.1 Å². The lowest BCUT2D eigenvalue weighted by molar-refractivity contribution is -0.161. The van der Waals surface area contributed by atoms with Crippen LogP contribution in [0.3, 0.4) is 0 Å². The van der Waals surface area contributed by atoms with E-state index in [0.717, 1.165) is 35.1 Å². The van der Waals surface area contributed by atoms with Gasteiger partial charge in [0.15, 0.2) is 6.10 Å². The molecule has 0 bridgehead atoms. The first-order chi connectivity index (χ1) is 15.3. The fourth-order valence-corrected chi connectivity index (χ4v) is 4.15. The minimum absolute atomic E-state index is 0.0771. The van der Waals surface area contributed by atoms with E-state index in [2.05, 4.69) is 22.9 Å². The number of carbonyl (C=O) groups excluding carboxylic acids is 2. The molecule has 8 heteroatoms. The van der Waals surface area contributed by atoms with Crippen LogP contribution in [0.15, 0.2) is 48.5 Å². The van der Waals surface area contributed by atoms with Crippen molar-refractivity contribution < 1.29 is 29.1 Å². The molecule has 2 aliphatic rings. The van der Waals surface area contributed by atoms with Crippen molar-refractivity contribution in [2.75, 3.05) is 6.61 Å². The molecular formula is C24H26N2O6. The number of carboxylic acids is 1. The standard InChI is InChI=1S/C24H26N2O6/c1-14(21(27)28)32-26-22(29)24(2,15-11-12-15)25-23(30)31-13-20-18-9-5-3-7-16(18)17-8-4-6-10-19(17)20/h3-10,14-15,20H,11-13H2,1-2H3,(H,25,30)(H,26,29)(H,27,28). The zero-order valence-electron chi connectivity index (χ0n) is 18.0. The van der Waals surface area contributed by atoms with Crippen LogP contribution in [0.2, 0.25) is 0 Å². The minimum atomic E-state index is -1.26. The number of alkyl carbamates (subject to hydrolysis) is 1. The van der Waals surface area contributed by atoms with E-state index in [9.17, 15) is 14.4 Å². The molecule has 3 N–H and O–H groups in total. The van der Waals surface area contributed by atoms with E-state index in [1.807, 2.05) is 36.4 Å². The van der Waals surface area contributed by atoms with E-state index in [-0.39, 0.29) is 18.4 Å². The second-order valence-corrected chi connectivity index (χ2v) is 8.46. The van der Waals surface area contributed by atoms with Crippen molar-refractivity contribution >= 4 is 18.0 Å². The molecule has 32 heavy (non-hydrogen) atoms. The van der Waals surface area contributed by atoms with Crippen molar-refractivity contribution in [1.82, 2.24) is 10.8 Å². The topological polar surface area (TPSA) is 114 Å². The van der Waals surface area contributed by atoms with Crippen LogP contribution >= 0.6 is 0 Å². The Labute approximate surface area is 185 Å². The first kappa shape index (κ1) is 21.8. The molecule has 2 atom stereocenters. The number of aliphatic carboxylic acids is 1. The zero-order valence-corrected chi connectivity index (χ0v) is 18.0. The van der Waals surface area contributed by atoms with Gasteiger partial charge in [0.25, 0.3) is 5.91 Å². The molecule has 0 aromatic heterocycles. The van der Waals surface area contributed by atoms with Crippen LogP contribution in [0.4, 0.5) is 4.79 Å². The summed E-state index contributed by atoms with van der Waals surface area (Å²) < 4.78 is 5.56. The summed E-state index contributed by atoms with van der Waals surface area (Å²) >= 11 is 0. The Kier molecular flexibility index (Phi) is 5.88. The van der Waals surface area contributed by atoms with Crippen LogP contribution in [0.25, 0.3) is 11.1 Å². The van der Waals surface area contributed by atoms with E-state index in [4.69, 9.17) is 14.7 Å². The maximum Gasteiger partial charge on any atom is 0.408 e. The lowest BCUT2D eigenvalue weighted by Crippen LogP contribution is -2.59. The molecule has 0 saturated heterocycles. The van der Waals surface area contributed by atoms with Gasteiger partial charge in [0.05, 0.1) is 0 Å². The third-order valence-corrected chi connectivity index (χ3v) is 6.25. The number of benzene rings is 2. The average molecular weight is 438 g/mol. The van der Waals surface area contributed by atoms with E-state index in [1.54, 1.807) is 6.92 Å². The molecular weight excluding hydrogens is 412 g/mol. The van der Waals surface area contributed by atoms with Crippen molar-refractivity contribution in [2.45, 2.75) is 44.2 Å². The molecule has 0 aliphatic heterocycles. The van der Waals surface area contributed by atoms with Crippen molar-refractivity contribution in [3.8, 4) is 11.1 Å². The Morgan fingerprint density at radius 1 is 1.06 bits per heavy atom. The number of nitrogens with one attached hydrogen (secondary N) is 2. The van der Waals surface area contributed by atoms with Crippen molar-refractivity contribution in [2.24, 2.45) is 5.92 Å². The SMILES string of the molecule is CC(ONC(=O)C(C)(NC(=O)OCC1c2ccccc2-c2ccccc21)C1CC1)C(=O)O. The van der Waals surface area contributed by atoms with Gasteiger partial charge in [-0.15, -0.1) is 0 Å². The number of fused-ring (bicyclic) bond motifs is 3. The summed E-state index contributed by atoms with van der Waals surface area (Å²) in [4.78, 5) is 41.2. The largest absolute Gasteiger partial charge is 0.479 e. The normalized spacial score (nSPS) is 17.4. The van der Waals surface area contributed by atoms with Gasteiger partial charge < -0.3 is 15.2 Å². The number of hydroxylamine groups is 1. The average Bonchev–Trinajstić information content (AvgIpc) is 3.59. The van der Waals surface area contributed by atoms with Crippen LogP contribution in [0.5, 0.6) is 0 Å². The number of amides is 2. The number of hydrogen-bond donors (Lipinski definition) is 3. The van der Waals surface area contributed by atoms with E-state index in [1.165, 1.54) is 6.92 Å². The predicted molar refractivity (Wildman–Crippen MR) is 116 cm³/mol. The Balaban J connectivity index is 1.42. The molecule has 2 aromatic rings. The fraction of sp³-hybridized carbons (Fsp3) is 0.375. The molecule has 2 aliphatic carbocycles. The molecule has 2 unspecified atom stereocenters. The molecule has 168 valence electrons. The van der Waals surface area contributed by atoms with E-state index in [0.29, 0.717) is 0 Å². The van der Waals surface area contributed by atoms with E-state index < -0.39 is 29.6 Å². The molecule has 2 amide bonds. The third kappa shape index (κ3) is 4.18. The molecule has 0 radical (unpaired) electrons. The second kappa shape index (κ2) is 8.63. The first-order valence-electron chi connectivity index (χ1n) is 10.6. The summed E-state index contributed by atoms with van der Waals surface area (Å²) in [5.74, 6) is -1.98. The number of carbonyl (C=O) groups is 3. The molecule has 1 saturated carbocycles. The van der Waals surface area contributed by atoms with Gasteiger partial charge >= 0.3 is 12.1 Å². The molecule has 0 heterocycles. The molecule has 1 fully saturated rings. The fourth-order valence-electron chi connectivity index (χ4n) is 4.15. The highest BCUT2D eigenvalue weighted by atomic mass is 16.7. The highest BCUT2D eigenvalue weighted by Crippen LogP contribution is 2.44. The Morgan fingerprint density at radius 2 is 1.62 bits per heavy atom. The number of ether oxygens (including phenoxy) is 1. The predicted octanol–water partition coefficient (Wildman–Crippen LogP) is 3.21. The quantitative estimate of drug-likeness (QED) is 0.546. The maximum absolute atomic E-state index is 12.7. The summed E-state index contributed by atoms with van der Waals surface area (Å²) in [6.07, 6.45) is -0.385. The first-order valence-corrected chi connectivity index (χ1v) is 10.6. The van der Waals surface area contributed by atoms with Gasteiger partial charge in [0, 0.05) is 5.92 Å². The van der Waals surface area contributed by atoms with Gasteiger partial charge in [-0.05, 0) is 54.9 Å². The lowest BCUT2D eigenvalue weighted by atomic mass is 9.95. The minimum Gasteiger partial charge on any atom is -0.479 e. The summed E-state index contributed by atoms with van der Waals surface area (Å²) in [5, 5.41) is 11.6. The van der Waals surface area contributed by atoms with Crippen LogP contribution in [0, 0.1) is 5.92 Å². The number of carboxylic acid groups (broad SMARTS) is 1. The smallest absolute Gasteiger partial charge is 0.408 e. The lowest BCUT2D eigenvalue weighted by Gasteiger charge is -2.29. The maximum atomic E-state index is 12.7. The van der Waals surface area contributed by atoms with Crippen molar-refractivity contribution in [3.05, 3.63) is 59.7 Å². The summed E-state index contributed by atoms with van der Waals surface area (Å²) in [6.45, 7) is 3.03. The van der Waals surface area contributed by atoms with Gasteiger partial charge in [-0.2, -0.15) is 0 Å². The molecule has 4 rings (SSSR count). The summed E-state index contributed by atoms with van der Waals surface area (Å²) in [6, 6.07) is 16.1. The van der Waals surface area contributed by atoms with Crippen molar-refractivity contribution in [3.63, 3.8) is 0 Å². The molecule has 8 nitrogen and oxygen atoms in total. The summed E-state index contributed by atoms with van der Waals surface area (Å²) in [5.41, 5.74) is 5.35. The van der Waals surface area contributed by atoms with Gasteiger partial charge in [-0.3, -0.25) is 9.63 Å². The van der Waals surface area contributed by atoms with E-state index >= 15 is 0 Å². The second-order valence-electron chi connectivity index (χ2n) is 8.46. The Morgan fingerprint density at radius 3 is 2.16 bits per heavy atom. The van der Waals surface area contributed by atoms with Crippen LogP contribution in [-0.2, 0) is 19.2 Å². The van der Waals surface area contributed by atoms with Gasteiger partial charge in [-0.1, -0.05) is 48.5 Å². The Hall–Kier alpha value is -3.39. The highest BCUT2D eigenvalue weighted by Gasteiger charge is 2.49. The van der Waals surface area contributed by atoms with Crippen LogP contribution in [0.1, 0.15) is 43.7 Å². The van der Waals surface area contributed by atoms with Gasteiger partial charge in [0.2, 0.25) is 0 Å². The monoisotopic (exact) mass is 438 g/mol. The van der Waals surface area contributed by atoms with Crippen LogP contribution < -0.4 is 10.8 Å². The number of rotatable bonds is 8. The Bertz CT molecular complexity index is 1000. The zero-order chi connectivity index (χ0) is 22.9.